The maximum absolute atomic E-state index is 6.56. The van der Waals surface area contributed by atoms with Crippen LogP contribution in [0.4, 0.5) is 0 Å². The Balaban J connectivity index is 0. The van der Waals surface area contributed by atoms with Crippen LogP contribution in [0.2, 0.25) is 0 Å². The van der Waals surface area contributed by atoms with E-state index >= 15 is 0 Å². The molecule has 0 rings (SSSR count). The Kier molecular flexibility index (Phi) is 41.6. The molecule has 0 aromatic carbocycles. The van der Waals surface area contributed by atoms with Crippen LogP contribution in [-0.4, -0.2) is 26.4 Å². The third-order valence-electron chi connectivity index (χ3n) is 8.11. The first-order valence-corrected chi connectivity index (χ1v) is 21.3. The molecule has 0 aromatic heterocycles. The van der Waals surface area contributed by atoms with E-state index in [0.717, 1.165) is 52.1 Å². The van der Waals surface area contributed by atoms with Crippen molar-refractivity contribution >= 4 is 0 Å². The van der Waals surface area contributed by atoms with Crippen LogP contribution in [0.5, 0.6) is 0 Å². The molecule has 252 valence electrons. The van der Waals surface area contributed by atoms with Crippen LogP contribution >= 0.6 is 0 Å². The zero-order chi connectivity index (χ0) is 30.0. The number of rotatable bonds is 36. The molecule has 0 atom stereocenters. The second-order valence-electron chi connectivity index (χ2n) is 12.4. The van der Waals surface area contributed by atoms with E-state index in [1.165, 1.54) is 154 Å². The fraction of sp³-hybridized carbons (Fsp3) is 1.00. The van der Waals surface area contributed by atoms with E-state index in [0.29, 0.717) is 0 Å². The molecule has 0 aromatic rings. The standard InChI is InChI=1S/4C9H19O.2Ti/c4*1-2-3-4-5-6-7-8-9-10;;/h4*2-9H2,1H3;;/q4*-1;;+4. The normalized spacial score (nSPS) is 11.7. The summed E-state index contributed by atoms with van der Waals surface area (Å²) >= 11 is -3.75. The molecule has 6 heteroatoms. The molecule has 0 saturated carbocycles. The van der Waals surface area contributed by atoms with Gasteiger partial charge in [0.25, 0.3) is 0 Å². The number of unbranched alkanes of at least 4 members (excludes halogenated alkanes) is 24. The molecule has 0 N–H and O–H groups in total. The maximum Gasteiger partial charge on any atom is 0 e. The topological polar surface area (TPSA) is 36.9 Å². The smallest absolute Gasteiger partial charge is 0 e. The van der Waals surface area contributed by atoms with E-state index in [2.05, 4.69) is 27.7 Å². The van der Waals surface area contributed by atoms with E-state index in [9.17, 15) is 0 Å². The van der Waals surface area contributed by atoms with Gasteiger partial charge in [0.05, 0.1) is 0 Å². The van der Waals surface area contributed by atoms with Crippen LogP contribution in [0, 0.1) is 0 Å². The van der Waals surface area contributed by atoms with E-state index in [-0.39, 0.29) is 21.7 Å². The molecule has 0 bridgehead atoms. The van der Waals surface area contributed by atoms with Crippen LogP contribution in [-0.2, 0) is 53.1 Å². The van der Waals surface area contributed by atoms with E-state index in [4.69, 9.17) is 13.3 Å². The molecule has 0 saturated heterocycles. The quantitative estimate of drug-likeness (QED) is 0.0492. The van der Waals surface area contributed by atoms with Crippen molar-refractivity contribution in [3.63, 3.8) is 0 Å². The van der Waals surface area contributed by atoms with Crippen molar-refractivity contribution in [2.24, 2.45) is 0 Å². The average Bonchev–Trinajstić information content (AvgIpc) is 2.98. The predicted octanol–water partition coefficient (Wildman–Crippen LogP) is 12.9. The zero-order valence-electron chi connectivity index (χ0n) is 29.3. The average molecular weight is 669 g/mol. The van der Waals surface area contributed by atoms with Gasteiger partial charge in [0, 0.05) is 21.7 Å². The number of hydrogen-bond donors (Lipinski definition) is 0. The molecule has 0 radical (unpaired) electrons. The maximum atomic E-state index is 6.56. The van der Waals surface area contributed by atoms with Gasteiger partial charge in [-0.05, 0) is 0 Å². The van der Waals surface area contributed by atoms with Gasteiger partial charge in [0.15, 0.2) is 0 Å². The van der Waals surface area contributed by atoms with Crippen molar-refractivity contribution in [2.45, 2.75) is 207 Å². The minimum absolute atomic E-state index is 0. The molecule has 42 heavy (non-hydrogen) atoms. The van der Waals surface area contributed by atoms with Gasteiger partial charge in [-0.1, -0.05) is 0 Å². The van der Waals surface area contributed by atoms with Crippen LogP contribution in [0.25, 0.3) is 0 Å². The summed E-state index contributed by atoms with van der Waals surface area (Å²) in [6, 6.07) is 0. The van der Waals surface area contributed by atoms with E-state index < -0.39 is 18.1 Å². The van der Waals surface area contributed by atoms with Crippen LogP contribution < -0.4 is 0 Å². The summed E-state index contributed by atoms with van der Waals surface area (Å²) in [6.07, 6.45) is 36.0. The summed E-state index contributed by atoms with van der Waals surface area (Å²) in [5, 5.41) is 0. The molecular weight excluding hydrogens is 592 g/mol. The predicted molar refractivity (Wildman–Crippen MR) is 176 cm³/mol. The van der Waals surface area contributed by atoms with Gasteiger partial charge < -0.3 is 0 Å². The molecule has 0 aliphatic rings. The van der Waals surface area contributed by atoms with E-state index in [1.54, 1.807) is 0 Å². The summed E-state index contributed by atoms with van der Waals surface area (Å²) in [5.74, 6) is 0. The summed E-state index contributed by atoms with van der Waals surface area (Å²) in [4.78, 5) is 0. The van der Waals surface area contributed by atoms with Crippen LogP contribution in [0.15, 0.2) is 0 Å². The first-order valence-electron chi connectivity index (χ1n) is 18.8. The second kappa shape index (κ2) is 38.5. The van der Waals surface area contributed by atoms with Gasteiger partial charge in [0.1, 0.15) is 0 Å². The zero-order valence-corrected chi connectivity index (χ0v) is 32.4. The molecular formula is C36H76O4Ti2. The molecule has 0 aliphatic heterocycles. The van der Waals surface area contributed by atoms with Crippen molar-refractivity contribution in [3.05, 3.63) is 0 Å². The second-order valence-corrected chi connectivity index (χ2v) is 15.7. The largest absolute Gasteiger partial charge is 0 e. The van der Waals surface area contributed by atoms with Crippen molar-refractivity contribution in [3.8, 4) is 0 Å². The minimum atomic E-state index is -3.75. The third-order valence-corrected chi connectivity index (χ3v) is 11.6. The molecule has 0 fully saturated rings. The summed E-state index contributed by atoms with van der Waals surface area (Å²) in [5.41, 5.74) is 0. The van der Waals surface area contributed by atoms with Gasteiger partial charge in [0.2, 0.25) is 0 Å². The van der Waals surface area contributed by atoms with Crippen molar-refractivity contribution in [1.29, 1.82) is 0 Å². The summed E-state index contributed by atoms with van der Waals surface area (Å²) < 4.78 is 26.2. The Bertz CT molecular complexity index is 396. The first kappa shape index (κ1) is 45.4. The molecule has 0 unspecified atom stereocenters. The fourth-order valence-electron chi connectivity index (χ4n) is 5.28. The van der Waals surface area contributed by atoms with Gasteiger partial charge in [-0.2, -0.15) is 0 Å². The Morgan fingerprint density at radius 3 is 0.619 bits per heavy atom. The van der Waals surface area contributed by atoms with Crippen LogP contribution in [0.1, 0.15) is 207 Å². The number of hydrogen-bond acceptors (Lipinski definition) is 4. The molecule has 0 amide bonds. The van der Waals surface area contributed by atoms with Gasteiger partial charge in [-0.3, -0.25) is 0 Å². The van der Waals surface area contributed by atoms with Gasteiger partial charge >= 0.3 is 265 Å². The van der Waals surface area contributed by atoms with Crippen molar-refractivity contribution in [1.82, 2.24) is 0 Å². The Hall–Kier alpha value is 1.27. The summed E-state index contributed by atoms with van der Waals surface area (Å²) in [6.45, 7) is 12.0. The fourth-order valence-corrected chi connectivity index (χ4v) is 8.52. The van der Waals surface area contributed by atoms with Crippen LogP contribution in [0.3, 0.4) is 0 Å². The van der Waals surface area contributed by atoms with Gasteiger partial charge in [-0.25, -0.2) is 0 Å². The Labute approximate surface area is 285 Å². The monoisotopic (exact) mass is 668 g/mol. The molecule has 0 aliphatic carbocycles. The summed E-state index contributed by atoms with van der Waals surface area (Å²) in [7, 11) is 0. The Morgan fingerprint density at radius 1 is 0.262 bits per heavy atom. The van der Waals surface area contributed by atoms with Crippen molar-refractivity contribution in [2.75, 3.05) is 26.4 Å². The molecule has 0 spiro atoms. The third kappa shape index (κ3) is 32.7. The molecule has 0 heterocycles. The first-order chi connectivity index (χ1) is 20.2. The Morgan fingerprint density at radius 2 is 0.429 bits per heavy atom. The minimum Gasteiger partial charge on any atom is 0 e. The van der Waals surface area contributed by atoms with Crippen molar-refractivity contribution < 1.29 is 53.1 Å². The van der Waals surface area contributed by atoms with Gasteiger partial charge in [-0.15, -0.1) is 0 Å². The SMILES string of the molecule is CCCCCCCCC[O][Ti]([O]CCCCCCCCC)([O]CCCCCCCCC)[O]CCCCCCCCC.[Ti]. The molecule has 4 nitrogen and oxygen atoms in total. The van der Waals surface area contributed by atoms with E-state index in [1.807, 2.05) is 0 Å².